The maximum Gasteiger partial charge on any atom is 0.129 e. The van der Waals surface area contributed by atoms with Crippen LogP contribution in [-0.2, 0) is 4.74 Å². The molecule has 0 aromatic rings. The molecule has 0 radical (unpaired) electrons. The first-order valence-electron chi connectivity index (χ1n) is 4.65. The van der Waals surface area contributed by atoms with Crippen molar-refractivity contribution in [2.24, 2.45) is 0 Å². The summed E-state index contributed by atoms with van der Waals surface area (Å²) < 4.78 is 5.31. The maximum atomic E-state index is 9.59. The van der Waals surface area contributed by atoms with E-state index < -0.39 is 6.10 Å². The van der Waals surface area contributed by atoms with E-state index in [2.05, 4.69) is 0 Å². The normalized spacial score (nSPS) is 20.3. The number of hydrogen-bond donors (Lipinski definition) is 1. The van der Waals surface area contributed by atoms with Gasteiger partial charge in [-0.1, -0.05) is 18.2 Å². The lowest BCUT2D eigenvalue weighted by atomic mass is 10.2. The minimum atomic E-state index is -0.587. The van der Waals surface area contributed by atoms with Gasteiger partial charge in [-0.3, -0.25) is 0 Å². The molecule has 13 heavy (non-hydrogen) atoms. The van der Waals surface area contributed by atoms with Gasteiger partial charge in [0.15, 0.2) is 0 Å². The van der Waals surface area contributed by atoms with Gasteiger partial charge in [-0.25, -0.2) is 0 Å². The molecule has 0 aromatic carbocycles. The van der Waals surface area contributed by atoms with E-state index in [0.29, 0.717) is 5.76 Å². The summed E-state index contributed by atoms with van der Waals surface area (Å²) in [6, 6.07) is 0. The van der Waals surface area contributed by atoms with Gasteiger partial charge in [0.1, 0.15) is 11.9 Å². The van der Waals surface area contributed by atoms with Gasteiger partial charge < -0.3 is 9.84 Å². The van der Waals surface area contributed by atoms with Crippen molar-refractivity contribution in [1.82, 2.24) is 0 Å². The Morgan fingerprint density at radius 2 is 2.38 bits per heavy atom. The monoisotopic (exact) mass is 180 g/mol. The summed E-state index contributed by atoms with van der Waals surface area (Å²) in [5.41, 5.74) is 0. The fourth-order valence-corrected chi connectivity index (χ4v) is 1.16. The third-order valence-corrected chi connectivity index (χ3v) is 1.85. The van der Waals surface area contributed by atoms with Crippen molar-refractivity contribution < 1.29 is 9.84 Å². The first kappa shape index (κ1) is 10.1. The molecule has 0 amide bonds. The van der Waals surface area contributed by atoms with Crippen molar-refractivity contribution in [3.05, 3.63) is 36.1 Å². The summed E-state index contributed by atoms with van der Waals surface area (Å²) in [5.74, 6) is 0.687. The Morgan fingerprint density at radius 3 is 3.00 bits per heavy atom. The topological polar surface area (TPSA) is 29.5 Å². The molecule has 1 rings (SSSR count). The highest BCUT2D eigenvalue weighted by Crippen LogP contribution is 2.14. The first-order chi connectivity index (χ1) is 6.34. The SMILES string of the molecule is C/C=C/C=C/C(O)C1=CCCCO1. The van der Waals surface area contributed by atoms with E-state index in [4.69, 9.17) is 4.74 Å². The molecule has 2 heteroatoms. The van der Waals surface area contributed by atoms with Gasteiger partial charge in [-0.05, 0) is 31.9 Å². The van der Waals surface area contributed by atoms with Crippen LogP contribution in [0.25, 0.3) is 0 Å². The van der Waals surface area contributed by atoms with Crippen LogP contribution in [0.2, 0.25) is 0 Å². The van der Waals surface area contributed by atoms with E-state index in [0.717, 1.165) is 19.4 Å². The molecule has 1 unspecified atom stereocenters. The predicted molar refractivity (Wildman–Crippen MR) is 53.2 cm³/mol. The molecule has 0 aliphatic carbocycles. The Kier molecular flexibility index (Phi) is 4.33. The Labute approximate surface area is 79.2 Å². The average Bonchev–Trinajstić information content (AvgIpc) is 2.19. The van der Waals surface area contributed by atoms with Crippen molar-refractivity contribution in [2.75, 3.05) is 6.61 Å². The zero-order chi connectivity index (χ0) is 9.52. The van der Waals surface area contributed by atoms with Crippen LogP contribution >= 0.6 is 0 Å². The van der Waals surface area contributed by atoms with E-state index >= 15 is 0 Å². The van der Waals surface area contributed by atoms with Crippen molar-refractivity contribution in [3.8, 4) is 0 Å². The number of hydrogen-bond acceptors (Lipinski definition) is 2. The summed E-state index contributed by atoms with van der Waals surface area (Å²) in [5, 5.41) is 9.59. The van der Waals surface area contributed by atoms with Crippen molar-refractivity contribution in [1.29, 1.82) is 0 Å². The number of aliphatic hydroxyl groups excluding tert-OH is 1. The van der Waals surface area contributed by atoms with Crippen LogP contribution < -0.4 is 0 Å². The lowest BCUT2D eigenvalue weighted by Gasteiger charge is -2.17. The number of rotatable bonds is 3. The molecular formula is C11H16O2. The van der Waals surface area contributed by atoms with E-state index in [1.54, 1.807) is 6.08 Å². The second-order valence-electron chi connectivity index (χ2n) is 2.95. The van der Waals surface area contributed by atoms with Gasteiger partial charge in [0.2, 0.25) is 0 Å². The van der Waals surface area contributed by atoms with E-state index in [9.17, 15) is 5.11 Å². The maximum absolute atomic E-state index is 9.59. The zero-order valence-electron chi connectivity index (χ0n) is 7.94. The average molecular weight is 180 g/mol. The molecule has 0 saturated carbocycles. The Morgan fingerprint density at radius 1 is 1.54 bits per heavy atom. The number of aliphatic hydroxyl groups is 1. The summed E-state index contributed by atoms with van der Waals surface area (Å²) in [6.07, 6.45) is 10.8. The molecule has 2 nitrogen and oxygen atoms in total. The second-order valence-corrected chi connectivity index (χ2v) is 2.95. The lowest BCUT2D eigenvalue weighted by molar-refractivity contribution is 0.115. The third-order valence-electron chi connectivity index (χ3n) is 1.85. The quantitative estimate of drug-likeness (QED) is 0.674. The van der Waals surface area contributed by atoms with Gasteiger partial charge in [-0.15, -0.1) is 0 Å². The Bertz CT molecular complexity index is 226. The smallest absolute Gasteiger partial charge is 0.129 e. The Hall–Kier alpha value is -1.02. The van der Waals surface area contributed by atoms with Gasteiger partial charge in [0.05, 0.1) is 6.61 Å². The molecule has 1 aliphatic heterocycles. The molecule has 1 aliphatic rings. The van der Waals surface area contributed by atoms with Crippen molar-refractivity contribution >= 4 is 0 Å². The van der Waals surface area contributed by atoms with Gasteiger partial charge in [0, 0.05) is 0 Å². The molecule has 1 atom stereocenters. The van der Waals surface area contributed by atoms with Crippen LogP contribution in [0.4, 0.5) is 0 Å². The molecule has 0 bridgehead atoms. The van der Waals surface area contributed by atoms with Gasteiger partial charge in [0.25, 0.3) is 0 Å². The van der Waals surface area contributed by atoms with Crippen LogP contribution in [0, 0.1) is 0 Å². The molecular weight excluding hydrogens is 164 g/mol. The second kappa shape index (κ2) is 5.60. The fraction of sp³-hybridized carbons (Fsp3) is 0.455. The highest BCUT2D eigenvalue weighted by atomic mass is 16.5. The summed E-state index contributed by atoms with van der Waals surface area (Å²) in [7, 11) is 0. The number of allylic oxidation sites excluding steroid dienone is 4. The van der Waals surface area contributed by atoms with E-state index in [1.165, 1.54) is 0 Å². The number of ether oxygens (including phenoxy) is 1. The van der Waals surface area contributed by atoms with E-state index in [-0.39, 0.29) is 0 Å². The third kappa shape index (κ3) is 3.47. The van der Waals surface area contributed by atoms with E-state index in [1.807, 2.05) is 31.2 Å². The largest absolute Gasteiger partial charge is 0.495 e. The molecule has 0 saturated heterocycles. The summed E-state index contributed by atoms with van der Waals surface area (Å²) in [6.45, 7) is 2.66. The van der Waals surface area contributed by atoms with Crippen molar-refractivity contribution in [2.45, 2.75) is 25.9 Å². The fourth-order valence-electron chi connectivity index (χ4n) is 1.16. The predicted octanol–water partition coefficient (Wildman–Crippen LogP) is 2.17. The lowest BCUT2D eigenvalue weighted by Crippen LogP contribution is -2.13. The van der Waals surface area contributed by atoms with Gasteiger partial charge >= 0.3 is 0 Å². The molecule has 1 N–H and O–H groups in total. The summed E-state index contributed by atoms with van der Waals surface area (Å²) in [4.78, 5) is 0. The van der Waals surface area contributed by atoms with Crippen LogP contribution in [0.1, 0.15) is 19.8 Å². The first-order valence-corrected chi connectivity index (χ1v) is 4.65. The van der Waals surface area contributed by atoms with Crippen LogP contribution in [-0.4, -0.2) is 17.8 Å². The molecule has 0 spiro atoms. The Balaban J connectivity index is 2.46. The van der Waals surface area contributed by atoms with Crippen LogP contribution in [0.15, 0.2) is 36.1 Å². The standard InChI is InChI=1S/C11H16O2/c1-2-3-4-7-10(12)11-8-5-6-9-13-11/h2-4,7-8,10,12H,5-6,9H2,1H3/b3-2+,7-4+. The zero-order valence-corrected chi connectivity index (χ0v) is 7.94. The molecule has 1 heterocycles. The van der Waals surface area contributed by atoms with Crippen LogP contribution in [0.3, 0.4) is 0 Å². The van der Waals surface area contributed by atoms with Crippen LogP contribution in [0.5, 0.6) is 0 Å². The minimum Gasteiger partial charge on any atom is -0.495 e. The molecule has 0 aromatic heterocycles. The highest BCUT2D eigenvalue weighted by Gasteiger charge is 2.10. The highest BCUT2D eigenvalue weighted by molar-refractivity contribution is 5.14. The molecule has 72 valence electrons. The van der Waals surface area contributed by atoms with Crippen molar-refractivity contribution in [3.63, 3.8) is 0 Å². The van der Waals surface area contributed by atoms with Gasteiger partial charge in [-0.2, -0.15) is 0 Å². The minimum absolute atomic E-state index is 0.587. The molecule has 0 fully saturated rings. The summed E-state index contributed by atoms with van der Waals surface area (Å²) >= 11 is 0.